The molecule has 0 saturated heterocycles. The lowest BCUT2D eigenvalue weighted by molar-refractivity contribution is 1.07. The van der Waals surface area contributed by atoms with Gasteiger partial charge >= 0.3 is 0 Å². The second-order valence-corrected chi connectivity index (χ2v) is 14.9. The largest absolute Gasteiger partial charge is 0.309 e. The molecular formula is C45H26N4S2. The number of hydrogen-bond donors (Lipinski definition) is 0. The Labute approximate surface area is 300 Å². The number of thiophene rings is 2. The maximum absolute atomic E-state index is 4.99. The Hall–Kier alpha value is -6.21. The SMILES string of the molecule is c1ccc(-c2nc(-c3ccccc3)nc(-c3ccc4c(c3)sc3c4ccc4c5cc(-n6c7ccccc7c7ccccc76)ccc5sc43)n2)cc1. The standard InChI is InChI=1S/C45H26N4S2/c1-3-11-27(12-4-1)43-46-44(28-13-5-2-6-14-28)48-45(47-43)29-19-21-33-34-22-23-35-36-26-30(20-24-39(36)50-42(35)41(34)51-40(33)25-29)49-37-17-9-7-15-31(37)32-16-8-10-18-38(32)49/h1-26H. The lowest BCUT2D eigenvalue weighted by Crippen LogP contribution is -1.99. The summed E-state index contributed by atoms with van der Waals surface area (Å²) in [5.74, 6) is 2.01. The van der Waals surface area contributed by atoms with Crippen LogP contribution in [0.15, 0.2) is 158 Å². The van der Waals surface area contributed by atoms with E-state index in [0.29, 0.717) is 17.5 Å². The van der Waals surface area contributed by atoms with E-state index in [2.05, 4.69) is 102 Å². The zero-order valence-corrected chi connectivity index (χ0v) is 28.7. The predicted molar refractivity (Wildman–Crippen MR) is 216 cm³/mol. The molecule has 0 radical (unpaired) electrons. The molecule has 11 aromatic rings. The van der Waals surface area contributed by atoms with E-state index >= 15 is 0 Å². The molecule has 4 nitrogen and oxygen atoms in total. The van der Waals surface area contributed by atoms with Gasteiger partial charge in [0.2, 0.25) is 0 Å². The molecule has 11 rings (SSSR count). The van der Waals surface area contributed by atoms with Crippen molar-refractivity contribution in [3.05, 3.63) is 158 Å². The second kappa shape index (κ2) is 11.2. The van der Waals surface area contributed by atoms with Crippen LogP contribution in [0, 0.1) is 0 Å². The van der Waals surface area contributed by atoms with E-state index in [1.54, 1.807) is 0 Å². The molecule has 51 heavy (non-hydrogen) atoms. The van der Waals surface area contributed by atoms with Crippen molar-refractivity contribution in [2.75, 3.05) is 0 Å². The highest BCUT2D eigenvalue weighted by molar-refractivity contribution is 7.33. The topological polar surface area (TPSA) is 43.6 Å². The van der Waals surface area contributed by atoms with Gasteiger partial charge in [0.05, 0.1) is 20.4 Å². The number of nitrogens with zero attached hydrogens (tertiary/aromatic N) is 4. The van der Waals surface area contributed by atoms with Gasteiger partial charge in [-0.1, -0.05) is 121 Å². The van der Waals surface area contributed by atoms with Crippen molar-refractivity contribution in [1.29, 1.82) is 0 Å². The Morgan fingerprint density at radius 2 is 0.863 bits per heavy atom. The highest BCUT2D eigenvalue weighted by atomic mass is 32.1. The summed E-state index contributed by atoms with van der Waals surface area (Å²) >= 11 is 3.74. The van der Waals surface area contributed by atoms with Gasteiger partial charge in [-0.05, 0) is 36.4 Å². The van der Waals surface area contributed by atoms with Crippen molar-refractivity contribution in [1.82, 2.24) is 19.5 Å². The fourth-order valence-electron chi connectivity index (χ4n) is 7.47. The summed E-state index contributed by atoms with van der Waals surface area (Å²) in [4.78, 5) is 14.9. The molecule has 7 aromatic carbocycles. The smallest absolute Gasteiger partial charge is 0.164 e. The molecule has 0 aliphatic rings. The van der Waals surface area contributed by atoms with Gasteiger partial charge in [-0.25, -0.2) is 15.0 Å². The van der Waals surface area contributed by atoms with E-state index in [0.717, 1.165) is 16.7 Å². The number of hydrogen-bond acceptors (Lipinski definition) is 5. The molecule has 4 aromatic heterocycles. The molecule has 0 atom stereocenters. The molecule has 0 fully saturated rings. The fraction of sp³-hybridized carbons (Fsp3) is 0. The molecule has 0 bridgehead atoms. The van der Waals surface area contributed by atoms with Gasteiger partial charge in [-0.3, -0.25) is 0 Å². The van der Waals surface area contributed by atoms with Crippen LogP contribution >= 0.6 is 22.7 Å². The normalized spacial score (nSPS) is 11.9. The Morgan fingerprint density at radius 1 is 0.353 bits per heavy atom. The number of benzene rings is 7. The minimum absolute atomic E-state index is 0.670. The summed E-state index contributed by atoms with van der Waals surface area (Å²) in [6.07, 6.45) is 0. The van der Waals surface area contributed by atoms with Gasteiger partial charge in [-0.2, -0.15) is 0 Å². The van der Waals surface area contributed by atoms with Gasteiger partial charge in [0.1, 0.15) is 0 Å². The van der Waals surface area contributed by atoms with E-state index in [-0.39, 0.29) is 0 Å². The van der Waals surface area contributed by atoms with Crippen LogP contribution in [0.1, 0.15) is 0 Å². The van der Waals surface area contributed by atoms with Crippen molar-refractivity contribution in [2.45, 2.75) is 0 Å². The van der Waals surface area contributed by atoms with Crippen molar-refractivity contribution >= 4 is 84.8 Å². The van der Waals surface area contributed by atoms with Gasteiger partial charge in [0.15, 0.2) is 17.5 Å². The fourth-order valence-corrected chi connectivity index (χ4v) is 10.0. The zero-order valence-electron chi connectivity index (χ0n) is 27.1. The third-order valence-electron chi connectivity index (χ3n) is 9.86. The first-order chi connectivity index (χ1) is 25.3. The predicted octanol–water partition coefficient (Wildman–Crippen LogP) is 12.7. The average molecular weight is 687 g/mol. The van der Waals surface area contributed by atoms with Gasteiger partial charge in [0, 0.05) is 64.1 Å². The van der Waals surface area contributed by atoms with E-state index in [1.807, 2.05) is 83.3 Å². The first-order valence-corrected chi connectivity index (χ1v) is 18.6. The summed E-state index contributed by atoms with van der Waals surface area (Å²) in [6, 6.07) is 55.9. The maximum atomic E-state index is 4.99. The Morgan fingerprint density at radius 3 is 1.49 bits per heavy atom. The van der Waals surface area contributed by atoms with Crippen LogP contribution in [-0.4, -0.2) is 19.5 Å². The van der Waals surface area contributed by atoms with Gasteiger partial charge in [-0.15, -0.1) is 22.7 Å². The highest BCUT2D eigenvalue weighted by Gasteiger charge is 2.18. The van der Waals surface area contributed by atoms with E-state index in [9.17, 15) is 0 Å². The van der Waals surface area contributed by atoms with Crippen LogP contribution in [0.4, 0.5) is 0 Å². The highest BCUT2D eigenvalue weighted by Crippen LogP contribution is 2.46. The first kappa shape index (κ1) is 28.6. The number of aromatic nitrogens is 4. The van der Waals surface area contributed by atoms with Crippen LogP contribution in [0.5, 0.6) is 0 Å². The molecule has 0 spiro atoms. The quantitative estimate of drug-likeness (QED) is 0.185. The summed E-state index contributed by atoms with van der Waals surface area (Å²) in [5, 5.41) is 7.69. The third-order valence-corrected chi connectivity index (χ3v) is 12.4. The minimum Gasteiger partial charge on any atom is -0.309 e. The van der Waals surface area contributed by atoms with Crippen molar-refractivity contribution in [2.24, 2.45) is 0 Å². The molecule has 4 heterocycles. The van der Waals surface area contributed by atoms with E-state index < -0.39 is 0 Å². The average Bonchev–Trinajstić information content (AvgIpc) is 3.87. The van der Waals surface area contributed by atoms with E-state index in [1.165, 1.54) is 67.8 Å². The van der Waals surface area contributed by atoms with Crippen molar-refractivity contribution in [3.63, 3.8) is 0 Å². The Bertz CT molecular complexity index is 3030. The van der Waals surface area contributed by atoms with Crippen LogP contribution < -0.4 is 0 Å². The van der Waals surface area contributed by atoms with Crippen molar-refractivity contribution in [3.8, 4) is 39.9 Å². The number of para-hydroxylation sites is 2. The minimum atomic E-state index is 0.670. The molecule has 238 valence electrons. The molecule has 0 aliphatic heterocycles. The summed E-state index contributed by atoms with van der Waals surface area (Å²) in [6.45, 7) is 0. The van der Waals surface area contributed by atoms with Crippen LogP contribution in [-0.2, 0) is 0 Å². The number of rotatable bonds is 4. The zero-order chi connectivity index (χ0) is 33.5. The molecular weight excluding hydrogens is 661 g/mol. The Kier molecular flexibility index (Phi) is 6.26. The van der Waals surface area contributed by atoms with E-state index in [4.69, 9.17) is 15.0 Å². The molecule has 0 saturated carbocycles. The Balaban J connectivity index is 1.07. The van der Waals surface area contributed by atoms with Crippen LogP contribution in [0.25, 0.3) is 102 Å². The molecule has 0 N–H and O–H groups in total. The second-order valence-electron chi connectivity index (χ2n) is 12.8. The van der Waals surface area contributed by atoms with Crippen LogP contribution in [0.3, 0.4) is 0 Å². The molecule has 6 heteroatoms. The monoisotopic (exact) mass is 686 g/mol. The van der Waals surface area contributed by atoms with Crippen molar-refractivity contribution < 1.29 is 0 Å². The van der Waals surface area contributed by atoms with Gasteiger partial charge in [0.25, 0.3) is 0 Å². The van der Waals surface area contributed by atoms with Gasteiger partial charge < -0.3 is 4.57 Å². The lowest BCUT2D eigenvalue weighted by atomic mass is 10.1. The summed E-state index contributed by atoms with van der Waals surface area (Å²) < 4.78 is 7.58. The summed E-state index contributed by atoms with van der Waals surface area (Å²) in [7, 11) is 0. The van der Waals surface area contributed by atoms with Crippen LogP contribution in [0.2, 0.25) is 0 Å². The molecule has 0 unspecified atom stereocenters. The lowest BCUT2D eigenvalue weighted by Gasteiger charge is -2.08. The summed E-state index contributed by atoms with van der Waals surface area (Å²) in [5.41, 5.74) is 6.55. The first-order valence-electron chi connectivity index (χ1n) is 16.9. The maximum Gasteiger partial charge on any atom is 0.164 e. The number of fused-ring (bicyclic) bond motifs is 10. The third kappa shape index (κ3) is 4.47. The molecule has 0 aliphatic carbocycles. The molecule has 0 amide bonds.